The van der Waals surface area contributed by atoms with Crippen LogP contribution in [0.2, 0.25) is 0 Å². The van der Waals surface area contributed by atoms with Crippen molar-refractivity contribution in [3.8, 4) is 0 Å². The van der Waals surface area contributed by atoms with Crippen molar-refractivity contribution in [2.45, 2.75) is 39.2 Å². The molecule has 0 fully saturated rings. The van der Waals surface area contributed by atoms with Crippen LogP contribution in [0.5, 0.6) is 0 Å². The normalized spacial score (nSPS) is 12.9. The summed E-state index contributed by atoms with van der Waals surface area (Å²) in [4.78, 5) is 2.71. The van der Waals surface area contributed by atoms with Crippen molar-refractivity contribution in [2.75, 3.05) is 19.7 Å². The molecule has 0 amide bonds. The molecule has 0 aliphatic heterocycles. The van der Waals surface area contributed by atoms with E-state index in [1.165, 1.54) is 15.3 Å². The largest absolute Gasteiger partial charge is 0.396 e. The summed E-state index contributed by atoms with van der Waals surface area (Å²) < 4.78 is 0. The number of rotatable bonds is 8. The van der Waals surface area contributed by atoms with E-state index in [9.17, 15) is 0 Å². The van der Waals surface area contributed by atoms with Crippen molar-refractivity contribution >= 4 is 11.3 Å². The second-order valence-corrected chi connectivity index (χ2v) is 5.86. The number of nitrogens with two attached hydrogens (primary N) is 1. The highest BCUT2D eigenvalue weighted by atomic mass is 32.1. The second kappa shape index (κ2) is 7.82. The third kappa shape index (κ3) is 4.76. The summed E-state index contributed by atoms with van der Waals surface area (Å²) in [6, 6.07) is 2.51. The molecule has 0 saturated carbocycles. The first-order valence-corrected chi connectivity index (χ1v) is 7.12. The number of thiophene rings is 1. The summed E-state index contributed by atoms with van der Waals surface area (Å²) in [7, 11) is 0. The van der Waals surface area contributed by atoms with E-state index in [-0.39, 0.29) is 6.04 Å². The maximum Gasteiger partial charge on any atom is 0.0455 e. The standard InChI is InChI=1S/C13H24N2OS/c1-10-8-12(11(2)17-10)13(9-14)15-6-4-3-5-7-16/h8,13,15-16H,3-7,9,14H2,1-2H3. The average Bonchev–Trinajstić information content (AvgIpc) is 2.63. The fourth-order valence-corrected chi connectivity index (χ4v) is 2.99. The van der Waals surface area contributed by atoms with Crippen LogP contribution in [0.3, 0.4) is 0 Å². The molecule has 17 heavy (non-hydrogen) atoms. The number of hydrogen-bond acceptors (Lipinski definition) is 4. The number of hydrogen-bond donors (Lipinski definition) is 3. The quantitative estimate of drug-likeness (QED) is 0.624. The van der Waals surface area contributed by atoms with E-state index in [0.717, 1.165) is 25.8 Å². The molecule has 4 N–H and O–H groups in total. The molecule has 1 atom stereocenters. The van der Waals surface area contributed by atoms with Gasteiger partial charge in [0.2, 0.25) is 0 Å². The van der Waals surface area contributed by atoms with E-state index < -0.39 is 0 Å². The van der Waals surface area contributed by atoms with E-state index in [1.54, 1.807) is 0 Å². The summed E-state index contributed by atoms with van der Waals surface area (Å²) in [5.74, 6) is 0. The number of unbranched alkanes of at least 4 members (excludes halogenated alkanes) is 2. The summed E-state index contributed by atoms with van der Waals surface area (Å²) in [6.45, 7) is 6.19. The van der Waals surface area contributed by atoms with E-state index in [0.29, 0.717) is 13.2 Å². The molecule has 1 aromatic heterocycles. The van der Waals surface area contributed by atoms with Crippen molar-refractivity contribution < 1.29 is 5.11 Å². The molecule has 0 spiro atoms. The molecule has 1 rings (SSSR count). The Balaban J connectivity index is 2.40. The Labute approximate surface area is 108 Å². The van der Waals surface area contributed by atoms with Gasteiger partial charge in [0.25, 0.3) is 0 Å². The lowest BCUT2D eigenvalue weighted by Gasteiger charge is -2.16. The fraction of sp³-hybridized carbons (Fsp3) is 0.692. The number of aliphatic hydroxyl groups is 1. The smallest absolute Gasteiger partial charge is 0.0455 e. The van der Waals surface area contributed by atoms with Crippen LogP contribution in [0.4, 0.5) is 0 Å². The van der Waals surface area contributed by atoms with Gasteiger partial charge in [-0.05, 0) is 51.3 Å². The fourth-order valence-electron chi connectivity index (χ4n) is 2.01. The van der Waals surface area contributed by atoms with E-state index in [1.807, 2.05) is 11.3 Å². The molecule has 0 aliphatic rings. The van der Waals surface area contributed by atoms with Gasteiger partial charge in [0.1, 0.15) is 0 Å². The Morgan fingerprint density at radius 3 is 2.65 bits per heavy atom. The monoisotopic (exact) mass is 256 g/mol. The predicted molar refractivity (Wildman–Crippen MR) is 74.5 cm³/mol. The highest BCUT2D eigenvalue weighted by molar-refractivity contribution is 7.12. The first kappa shape index (κ1) is 14.6. The molecule has 4 heteroatoms. The number of aliphatic hydroxyl groups excluding tert-OH is 1. The molecular formula is C13H24N2OS. The van der Waals surface area contributed by atoms with Gasteiger partial charge in [-0.25, -0.2) is 0 Å². The number of aryl methyl sites for hydroxylation is 2. The topological polar surface area (TPSA) is 58.3 Å². The zero-order valence-corrected chi connectivity index (χ0v) is 11.6. The van der Waals surface area contributed by atoms with E-state index in [2.05, 4.69) is 25.2 Å². The molecule has 0 aliphatic carbocycles. The minimum atomic E-state index is 0.272. The van der Waals surface area contributed by atoms with Gasteiger partial charge in [-0.2, -0.15) is 0 Å². The zero-order chi connectivity index (χ0) is 12.7. The van der Waals surface area contributed by atoms with Gasteiger partial charge in [0.15, 0.2) is 0 Å². The Kier molecular flexibility index (Phi) is 6.73. The van der Waals surface area contributed by atoms with Crippen LogP contribution in [0, 0.1) is 13.8 Å². The second-order valence-electron chi connectivity index (χ2n) is 4.40. The van der Waals surface area contributed by atoms with Gasteiger partial charge in [-0.15, -0.1) is 11.3 Å². The number of nitrogens with one attached hydrogen (secondary N) is 1. The minimum Gasteiger partial charge on any atom is -0.396 e. The van der Waals surface area contributed by atoms with Crippen LogP contribution in [-0.4, -0.2) is 24.8 Å². The van der Waals surface area contributed by atoms with E-state index >= 15 is 0 Å². The van der Waals surface area contributed by atoms with Crippen LogP contribution in [0.25, 0.3) is 0 Å². The van der Waals surface area contributed by atoms with Crippen molar-refractivity contribution in [1.29, 1.82) is 0 Å². The lowest BCUT2D eigenvalue weighted by molar-refractivity contribution is 0.282. The lowest BCUT2D eigenvalue weighted by atomic mass is 10.1. The van der Waals surface area contributed by atoms with Crippen molar-refractivity contribution in [3.05, 3.63) is 21.4 Å². The summed E-state index contributed by atoms with van der Waals surface area (Å²) >= 11 is 1.83. The molecule has 0 aromatic carbocycles. The van der Waals surface area contributed by atoms with Gasteiger partial charge < -0.3 is 16.2 Å². The lowest BCUT2D eigenvalue weighted by Crippen LogP contribution is -2.29. The molecule has 98 valence electrons. The minimum absolute atomic E-state index is 0.272. The SMILES string of the molecule is Cc1cc(C(CN)NCCCCCO)c(C)s1. The first-order chi connectivity index (χ1) is 8.19. The predicted octanol–water partition coefficient (Wildman–Crippen LogP) is 2.12. The molecule has 3 nitrogen and oxygen atoms in total. The average molecular weight is 256 g/mol. The van der Waals surface area contributed by atoms with Crippen molar-refractivity contribution in [1.82, 2.24) is 5.32 Å². The Hall–Kier alpha value is -0.420. The van der Waals surface area contributed by atoms with Crippen molar-refractivity contribution in [2.24, 2.45) is 5.73 Å². The summed E-state index contributed by atoms with van der Waals surface area (Å²) in [5, 5.41) is 12.2. The van der Waals surface area contributed by atoms with Crippen LogP contribution in [-0.2, 0) is 0 Å². The van der Waals surface area contributed by atoms with Crippen LogP contribution >= 0.6 is 11.3 Å². The van der Waals surface area contributed by atoms with Crippen molar-refractivity contribution in [3.63, 3.8) is 0 Å². The maximum absolute atomic E-state index is 8.70. The third-order valence-electron chi connectivity index (χ3n) is 2.92. The van der Waals surface area contributed by atoms with Gasteiger partial charge >= 0.3 is 0 Å². The summed E-state index contributed by atoms with van der Waals surface area (Å²) in [5.41, 5.74) is 7.17. The third-order valence-corrected chi connectivity index (χ3v) is 3.90. The van der Waals surface area contributed by atoms with Crippen LogP contribution < -0.4 is 11.1 Å². The molecule has 1 aromatic rings. The molecule has 0 saturated heterocycles. The molecule has 0 bridgehead atoms. The first-order valence-electron chi connectivity index (χ1n) is 6.30. The van der Waals surface area contributed by atoms with Gasteiger partial charge in [-0.3, -0.25) is 0 Å². The molecule has 1 unspecified atom stereocenters. The molecular weight excluding hydrogens is 232 g/mol. The molecule has 0 radical (unpaired) electrons. The van der Waals surface area contributed by atoms with Gasteiger partial charge in [0, 0.05) is 28.9 Å². The van der Waals surface area contributed by atoms with Crippen LogP contribution in [0.15, 0.2) is 6.07 Å². The highest BCUT2D eigenvalue weighted by Gasteiger charge is 2.13. The Bertz CT molecular complexity index is 325. The highest BCUT2D eigenvalue weighted by Crippen LogP contribution is 2.25. The Morgan fingerprint density at radius 1 is 1.35 bits per heavy atom. The van der Waals surface area contributed by atoms with E-state index in [4.69, 9.17) is 10.8 Å². The molecule has 1 heterocycles. The van der Waals surface area contributed by atoms with Crippen LogP contribution in [0.1, 0.15) is 40.6 Å². The maximum atomic E-state index is 8.70. The van der Waals surface area contributed by atoms with Gasteiger partial charge in [-0.1, -0.05) is 0 Å². The Morgan fingerprint density at radius 2 is 2.12 bits per heavy atom. The zero-order valence-electron chi connectivity index (χ0n) is 10.8. The summed E-state index contributed by atoms with van der Waals surface area (Å²) in [6.07, 6.45) is 3.06. The van der Waals surface area contributed by atoms with Gasteiger partial charge in [0.05, 0.1) is 0 Å².